The normalized spacial score (nSPS) is 16.1. The molecule has 1 atom stereocenters. The van der Waals surface area contributed by atoms with Crippen molar-refractivity contribution in [3.8, 4) is 22.3 Å². The third-order valence-corrected chi connectivity index (χ3v) is 17.0. The third-order valence-electron chi connectivity index (χ3n) is 15.7. The molecule has 0 nitrogen and oxygen atoms in total. The maximum Gasteiger partial charge on any atom is 0.0717 e. The highest BCUT2D eigenvalue weighted by molar-refractivity contribution is 9.11. The van der Waals surface area contributed by atoms with E-state index in [0.717, 1.165) is 20.1 Å². The van der Waals surface area contributed by atoms with Crippen LogP contribution in [-0.2, 0) is 27.1 Å². The maximum atomic E-state index is 4.40. The molecule has 0 N–H and O–H groups in total. The second-order valence-electron chi connectivity index (χ2n) is 22.9. The molecule has 342 valence electrons. The summed E-state index contributed by atoms with van der Waals surface area (Å²) in [6, 6.07) is 66.3. The zero-order chi connectivity index (χ0) is 48.6. The molecule has 0 fully saturated rings. The van der Waals surface area contributed by atoms with Gasteiger partial charge in [0.25, 0.3) is 0 Å². The van der Waals surface area contributed by atoms with Crippen LogP contribution in [0.5, 0.6) is 0 Å². The Morgan fingerprint density at radius 2 is 0.681 bits per heavy atom. The fourth-order valence-corrected chi connectivity index (χ4v) is 13.2. The zero-order valence-corrected chi connectivity index (χ0v) is 44.8. The zero-order valence-electron chi connectivity index (χ0n) is 41.6. The summed E-state index contributed by atoms with van der Waals surface area (Å²) in [6.45, 7) is 27.3. The van der Waals surface area contributed by atoms with Crippen molar-refractivity contribution in [1.82, 2.24) is 0 Å². The predicted octanol–water partition coefficient (Wildman–Crippen LogP) is 19.2. The molecule has 11 rings (SSSR count). The van der Waals surface area contributed by atoms with E-state index in [1.807, 2.05) is 0 Å². The van der Waals surface area contributed by atoms with E-state index >= 15 is 0 Å². The molecule has 0 radical (unpaired) electrons. The van der Waals surface area contributed by atoms with Crippen molar-refractivity contribution in [2.24, 2.45) is 0 Å². The first kappa shape index (κ1) is 45.6. The van der Waals surface area contributed by atoms with Gasteiger partial charge in [-0.1, -0.05) is 264 Å². The van der Waals surface area contributed by atoms with Gasteiger partial charge in [0, 0.05) is 8.95 Å². The van der Waals surface area contributed by atoms with Crippen LogP contribution in [0.1, 0.15) is 136 Å². The highest BCUT2D eigenvalue weighted by Crippen LogP contribution is 2.68. The molecule has 0 aliphatic heterocycles. The molecule has 0 amide bonds. The maximum absolute atomic E-state index is 4.40. The Hall–Kier alpha value is -5.80. The first-order chi connectivity index (χ1) is 32.8. The highest BCUT2D eigenvalue weighted by Gasteiger charge is 2.56. The quantitative estimate of drug-likeness (QED) is 0.161. The fourth-order valence-electron chi connectivity index (χ4n) is 12.1. The second-order valence-corrected chi connectivity index (χ2v) is 24.6. The summed E-state index contributed by atoms with van der Waals surface area (Å²) >= 11 is 8.42. The van der Waals surface area contributed by atoms with Crippen LogP contribution in [0, 0.1) is 0 Å². The number of benzene rings is 9. The molecule has 69 heavy (non-hydrogen) atoms. The van der Waals surface area contributed by atoms with E-state index in [1.54, 1.807) is 0 Å². The Kier molecular flexibility index (Phi) is 10.5. The number of rotatable bonds is 5. The lowest BCUT2D eigenvalue weighted by molar-refractivity contribution is 0.587. The van der Waals surface area contributed by atoms with Crippen molar-refractivity contribution in [2.75, 3.05) is 0 Å². The lowest BCUT2D eigenvalue weighted by Crippen LogP contribution is -2.36. The monoisotopic (exact) mass is 1020 g/mol. The third kappa shape index (κ3) is 6.72. The van der Waals surface area contributed by atoms with Gasteiger partial charge < -0.3 is 0 Å². The number of hydrogen-bond acceptors (Lipinski definition) is 0. The Morgan fingerprint density at radius 1 is 0.391 bits per heavy atom. The number of fused-ring (bicyclic) bond motifs is 11. The van der Waals surface area contributed by atoms with Crippen LogP contribution < -0.4 is 0 Å². The minimum Gasteiger partial charge on any atom is -0.0955 e. The van der Waals surface area contributed by atoms with E-state index in [0.29, 0.717) is 0 Å². The largest absolute Gasteiger partial charge is 0.0955 e. The Bertz CT molecular complexity index is 3490. The molecule has 9 aromatic carbocycles. The number of allylic oxidation sites excluding steroid dienone is 1. The van der Waals surface area contributed by atoms with Gasteiger partial charge in [0.05, 0.1) is 10.8 Å². The molecule has 9 aromatic rings. The molecule has 0 heterocycles. The lowest BCUT2D eigenvalue weighted by atomic mass is 9.60. The van der Waals surface area contributed by atoms with Crippen molar-refractivity contribution in [2.45, 2.75) is 96.3 Å². The van der Waals surface area contributed by atoms with E-state index in [1.165, 1.54) is 105 Å². The lowest BCUT2D eigenvalue weighted by Gasteiger charge is -2.41. The molecule has 2 aliphatic carbocycles. The Morgan fingerprint density at radius 3 is 0.971 bits per heavy atom. The van der Waals surface area contributed by atoms with Crippen LogP contribution in [0.25, 0.3) is 49.4 Å². The van der Waals surface area contributed by atoms with Crippen LogP contribution in [0.3, 0.4) is 0 Å². The summed E-state index contributed by atoms with van der Waals surface area (Å²) in [6.07, 6.45) is 0. The van der Waals surface area contributed by atoms with Gasteiger partial charge in [-0.2, -0.15) is 0 Å². The molecule has 0 bridgehead atoms. The predicted molar refractivity (Wildman–Crippen MR) is 302 cm³/mol. The minimum absolute atomic E-state index is 0.0214. The summed E-state index contributed by atoms with van der Waals surface area (Å²) in [7, 11) is 0. The summed E-state index contributed by atoms with van der Waals surface area (Å²) in [5.74, 6) is 0. The fraction of sp³-hybridized carbons (Fsp3) is 0.224. The van der Waals surface area contributed by atoms with Crippen molar-refractivity contribution in [1.29, 1.82) is 0 Å². The Balaban J connectivity index is 1.42. The molecule has 0 spiro atoms. The van der Waals surface area contributed by atoms with E-state index < -0.39 is 10.8 Å². The Labute approximate surface area is 426 Å². The van der Waals surface area contributed by atoms with Gasteiger partial charge >= 0.3 is 0 Å². The molecule has 0 aromatic heterocycles. The highest BCUT2D eigenvalue weighted by atomic mass is 79.9. The van der Waals surface area contributed by atoms with E-state index in [2.05, 4.69) is 278 Å². The van der Waals surface area contributed by atoms with E-state index in [-0.39, 0.29) is 16.2 Å². The minimum atomic E-state index is -0.760. The van der Waals surface area contributed by atoms with E-state index in [9.17, 15) is 0 Å². The molecule has 1 unspecified atom stereocenters. The van der Waals surface area contributed by atoms with Crippen LogP contribution in [0.2, 0.25) is 0 Å². The molecule has 0 saturated carbocycles. The van der Waals surface area contributed by atoms with Gasteiger partial charge in [-0.25, -0.2) is 0 Å². The summed E-state index contributed by atoms with van der Waals surface area (Å²) < 4.78 is 2.19. The van der Waals surface area contributed by atoms with Crippen LogP contribution >= 0.6 is 31.9 Å². The average Bonchev–Trinajstić information content (AvgIpc) is 3.79. The number of hydrogen-bond donors (Lipinski definition) is 0. The molecular weight excluding hydrogens is 965 g/mol. The molecule has 2 aliphatic rings. The smallest absolute Gasteiger partial charge is 0.0717 e. The van der Waals surface area contributed by atoms with E-state index in [4.69, 9.17) is 0 Å². The summed E-state index contributed by atoms with van der Waals surface area (Å²) in [5, 5.41) is 4.91. The number of halogens is 2. The molecule has 0 saturated heterocycles. The van der Waals surface area contributed by atoms with Gasteiger partial charge in [0.1, 0.15) is 0 Å². The first-order valence-corrected chi connectivity index (χ1v) is 26.1. The standard InChI is InChI=1S/C67H60Br2/c1-40(2)41-20-22-45(23-21-41)66(46-30-24-42(25-31-46)63(3,4)5)55-38-57(68)49-16-12-14-18-51(49)59(55)53-36-37-54-60-52-19-15-13-17-50(52)58(69)39-56(60)67(62(54)61(53)66,47-32-26-43(27-33-47)64(6,7)8)48-34-28-44(29-35-48)65(9,10)11/h12-39H,1H2,2-11H3. The van der Waals surface area contributed by atoms with Gasteiger partial charge in [0.2, 0.25) is 0 Å². The van der Waals surface area contributed by atoms with Crippen LogP contribution in [0.15, 0.2) is 185 Å². The first-order valence-electron chi connectivity index (χ1n) is 24.5. The average molecular weight is 1030 g/mol. The van der Waals surface area contributed by atoms with Gasteiger partial charge in [-0.05, 0) is 146 Å². The summed E-state index contributed by atoms with van der Waals surface area (Å²) in [5.41, 5.74) is 19.9. The summed E-state index contributed by atoms with van der Waals surface area (Å²) in [4.78, 5) is 0. The van der Waals surface area contributed by atoms with Crippen LogP contribution in [-0.4, -0.2) is 0 Å². The van der Waals surface area contributed by atoms with Crippen molar-refractivity contribution in [3.05, 3.63) is 252 Å². The van der Waals surface area contributed by atoms with Crippen LogP contribution in [0.4, 0.5) is 0 Å². The second kappa shape index (κ2) is 15.9. The van der Waals surface area contributed by atoms with Crippen molar-refractivity contribution in [3.63, 3.8) is 0 Å². The van der Waals surface area contributed by atoms with Gasteiger partial charge in [-0.15, -0.1) is 0 Å². The molecule has 2 heteroatoms. The van der Waals surface area contributed by atoms with Gasteiger partial charge in [-0.3, -0.25) is 0 Å². The van der Waals surface area contributed by atoms with Gasteiger partial charge in [0.15, 0.2) is 0 Å². The topological polar surface area (TPSA) is 0 Å². The molecular formula is C67H60Br2. The SMILES string of the molecule is C=C(C)c1ccc(C2(c3ccc(C(C)(C)C)cc3)c3cc(Br)c4ccccc4c3-c3ccc4c(c32)C(c2ccc(C(C)(C)C)cc2)(c2ccc(C(C)(C)C)cc2)c2cc(Br)c3ccccc3c2-4)cc1. The van der Waals surface area contributed by atoms with Crippen molar-refractivity contribution < 1.29 is 0 Å². The van der Waals surface area contributed by atoms with Crippen molar-refractivity contribution >= 4 is 59.0 Å².